The summed E-state index contributed by atoms with van der Waals surface area (Å²) in [6.07, 6.45) is 8.46. The van der Waals surface area contributed by atoms with Gasteiger partial charge < -0.3 is 5.32 Å². The maximum atomic E-state index is 4.62. The van der Waals surface area contributed by atoms with Crippen LogP contribution in [0.4, 0.5) is 5.95 Å². The normalized spacial score (nSPS) is 23.7. The van der Waals surface area contributed by atoms with E-state index >= 15 is 0 Å². The highest BCUT2D eigenvalue weighted by Crippen LogP contribution is 2.28. The highest BCUT2D eigenvalue weighted by atomic mass is 15.3. The Morgan fingerprint density at radius 2 is 2.21 bits per heavy atom. The van der Waals surface area contributed by atoms with Crippen LogP contribution in [-0.2, 0) is 0 Å². The summed E-state index contributed by atoms with van der Waals surface area (Å²) in [4.78, 5) is 4.62. The van der Waals surface area contributed by atoms with E-state index in [-0.39, 0.29) is 0 Å². The van der Waals surface area contributed by atoms with Gasteiger partial charge in [0.1, 0.15) is 0 Å². The number of aromatic nitrogens is 3. The van der Waals surface area contributed by atoms with Crippen molar-refractivity contribution in [1.29, 1.82) is 0 Å². The molecule has 1 aliphatic carbocycles. The van der Waals surface area contributed by atoms with Crippen LogP contribution in [0, 0.1) is 12.8 Å². The molecule has 2 aromatic rings. The van der Waals surface area contributed by atoms with Crippen molar-refractivity contribution in [2.75, 3.05) is 5.32 Å². The highest BCUT2D eigenvalue weighted by Gasteiger charge is 2.24. The summed E-state index contributed by atoms with van der Waals surface area (Å²) in [5.74, 6) is 1.54. The van der Waals surface area contributed by atoms with Crippen molar-refractivity contribution >= 4 is 11.6 Å². The molecule has 2 atom stereocenters. The van der Waals surface area contributed by atoms with Gasteiger partial charge in [-0.15, -0.1) is 5.10 Å². The summed E-state index contributed by atoms with van der Waals surface area (Å²) < 4.78 is 1.86. The van der Waals surface area contributed by atoms with Gasteiger partial charge in [0, 0.05) is 12.2 Å². The number of pyridine rings is 1. The van der Waals surface area contributed by atoms with Gasteiger partial charge in [0.25, 0.3) is 0 Å². The molecular formula is C15H22N4. The predicted octanol–water partition coefficient (Wildman–Crippen LogP) is 3.42. The van der Waals surface area contributed by atoms with Crippen LogP contribution in [0.3, 0.4) is 0 Å². The predicted molar refractivity (Wildman–Crippen MR) is 77.4 cm³/mol. The Labute approximate surface area is 114 Å². The number of anilines is 1. The molecule has 1 fully saturated rings. The lowest BCUT2D eigenvalue weighted by molar-refractivity contribution is 0.316. The first kappa shape index (κ1) is 12.5. The van der Waals surface area contributed by atoms with Crippen LogP contribution in [0.1, 0.15) is 44.6 Å². The van der Waals surface area contributed by atoms with Gasteiger partial charge in [-0.2, -0.15) is 4.98 Å². The topological polar surface area (TPSA) is 42.2 Å². The Hall–Kier alpha value is -1.58. The Morgan fingerprint density at radius 3 is 3.00 bits per heavy atom. The van der Waals surface area contributed by atoms with Crippen molar-refractivity contribution in [3.8, 4) is 0 Å². The average Bonchev–Trinajstić information content (AvgIpc) is 2.83. The molecule has 1 aliphatic rings. The number of hydrogen-bond acceptors (Lipinski definition) is 3. The van der Waals surface area contributed by atoms with Gasteiger partial charge >= 0.3 is 0 Å². The fraction of sp³-hybridized carbons (Fsp3) is 0.600. The summed E-state index contributed by atoms with van der Waals surface area (Å²) in [5.41, 5.74) is 2.12. The first-order valence-corrected chi connectivity index (χ1v) is 7.36. The van der Waals surface area contributed by atoms with E-state index in [1.54, 1.807) is 0 Å². The largest absolute Gasteiger partial charge is 0.350 e. The molecule has 2 unspecified atom stereocenters. The zero-order valence-corrected chi connectivity index (χ0v) is 11.8. The van der Waals surface area contributed by atoms with Crippen molar-refractivity contribution in [3.05, 3.63) is 23.9 Å². The third-order valence-electron chi connectivity index (χ3n) is 4.31. The van der Waals surface area contributed by atoms with Crippen molar-refractivity contribution in [3.63, 3.8) is 0 Å². The molecule has 0 saturated heterocycles. The van der Waals surface area contributed by atoms with Crippen molar-refractivity contribution in [2.24, 2.45) is 5.92 Å². The van der Waals surface area contributed by atoms with Crippen LogP contribution >= 0.6 is 0 Å². The Morgan fingerprint density at radius 1 is 1.37 bits per heavy atom. The molecule has 0 radical (unpaired) electrons. The van der Waals surface area contributed by atoms with Gasteiger partial charge in [-0.3, -0.25) is 0 Å². The molecule has 3 rings (SSSR count). The van der Waals surface area contributed by atoms with E-state index in [0.717, 1.165) is 17.5 Å². The standard InChI is InChI=1S/C15H22N4/c1-3-12-8-4-5-9-13(12)16-15-17-14-11(2)7-6-10-19(14)18-15/h6-7,10,12-13H,3-5,8-9H2,1-2H3,(H,16,18). The molecular weight excluding hydrogens is 236 g/mol. The summed E-state index contributed by atoms with van der Waals surface area (Å²) in [5, 5.41) is 8.09. The van der Waals surface area contributed by atoms with E-state index in [1.165, 1.54) is 37.7 Å². The first-order chi connectivity index (χ1) is 9.28. The van der Waals surface area contributed by atoms with E-state index in [2.05, 4.69) is 35.3 Å². The maximum Gasteiger partial charge on any atom is 0.243 e. The van der Waals surface area contributed by atoms with Crippen molar-refractivity contribution < 1.29 is 0 Å². The molecule has 0 amide bonds. The zero-order chi connectivity index (χ0) is 13.2. The second kappa shape index (κ2) is 5.19. The lowest BCUT2D eigenvalue weighted by Crippen LogP contribution is -2.32. The minimum absolute atomic E-state index is 0.538. The number of nitrogens with zero attached hydrogens (tertiary/aromatic N) is 3. The third-order valence-corrected chi connectivity index (χ3v) is 4.31. The molecule has 0 spiro atoms. The summed E-state index contributed by atoms with van der Waals surface area (Å²) in [6.45, 7) is 4.36. The minimum Gasteiger partial charge on any atom is -0.350 e. The Balaban J connectivity index is 1.82. The van der Waals surface area contributed by atoms with E-state index in [4.69, 9.17) is 0 Å². The second-order valence-corrected chi connectivity index (χ2v) is 5.60. The molecule has 2 aromatic heterocycles. The van der Waals surface area contributed by atoms with Crippen molar-refractivity contribution in [2.45, 2.75) is 52.0 Å². The quantitative estimate of drug-likeness (QED) is 0.917. The van der Waals surface area contributed by atoms with E-state index in [9.17, 15) is 0 Å². The number of hydrogen-bond donors (Lipinski definition) is 1. The molecule has 2 heterocycles. The number of aryl methyl sites for hydroxylation is 1. The molecule has 4 heteroatoms. The van der Waals surface area contributed by atoms with Gasteiger partial charge in [0.05, 0.1) is 0 Å². The van der Waals surface area contributed by atoms with E-state index in [1.807, 2.05) is 16.8 Å². The van der Waals surface area contributed by atoms with Gasteiger partial charge in [0.15, 0.2) is 5.65 Å². The van der Waals surface area contributed by atoms with Crippen LogP contribution in [0.25, 0.3) is 5.65 Å². The SMILES string of the molecule is CCC1CCCCC1Nc1nc2c(C)cccn2n1. The van der Waals surface area contributed by atoms with Crippen molar-refractivity contribution in [1.82, 2.24) is 14.6 Å². The minimum atomic E-state index is 0.538. The molecule has 19 heavy (non-hydrogen) atoms. The molecule has 102 valence electrons. The van der Waals surface area contributed by atoms with Crippen LogP contribution in [0.5, 0.6) is 0 Å². The van der Waals surface area contributed by atoms with Gasteiger partial charge in [-0.25, -0.2) is 4.52 Å². The average molecular weight is 258 g/mol. The summed E-state index contributed by atoms with van der Waals surface area (Å²) >= 11 is 0. The third kappa shape index (κ3) is 2.44. The van der Waals surface area contributed by atoms with Gasteiger partial charge in [-0.1, -0.05) is 32.3 Å². The molecule has 1 saturated carbocycles. The molecule has 0 aromatic carbocycles. The second-order valence-electron chi connectivity index (χ2n) is 5.60. The molecule has 4 nitrogen and oxygen atoms in total. The molecule has 0 bridgehead atoms. The van der Waals surface area contributed by atoms with Crippen LogP contribution < -0.4 is 5.32 Å². The Kier molecular flexibility index (Phi) is 3.40. The van der Waals surface area contributed by atoms with E-state index < -0.39 is 0 Å². The van der Waals surface area contributed by atoms with Crippen LogP contribution in [0.2, 0.25) is 0 Å². The number of nitrogens with one attached hydrogen (secondary N) is 1. The summed E-state index contributed by atoms with van der Waals surface area (Å²) in [7, 11) is 0. The maximum absolute atomic E-state index is 4.62. The summed E-state index contributed by atoms with van der Waals surface area (Å²) in [6, 6.07) is 4.62. The van der Waals surface area contributed by atoms with Gasteiger partial charge in [-0.05, 0) is 37.3 Å². The van der Waals surface area contributed by atoms with Gasteiger partial charge in [0.2, 0.25) is 5.95 Å². The monoisotopic (exact) mass is 258 g/mol. The lowest BCUT2D eigenvalue weighted by Gasteiger charge is -2.31. The smallest absolute Gasteiger partial charge is 0.243 e. The van der Waals surface area contributed by atoms with Crippen LogP contribution in [-0.4, -0.2) is 20.6 Å². The van der Waals surface area contributed by atoms with Crippen LogP contribution in [0.15, 0.2) is 18.3 Å². The zero-order valence-electron chi connectivity index (χ0n) is 11.8. The Bertz CT molecular complexity index is 560. The van der Waals surface area contributed by atoms with E-state index in [0.29, 0.717) is 6.04 Å². The number of fused-ring (bicyclic) bond motifs is 1. The highest BCUT2D eigenvalue weighted by molar-refractivity contribution is 5.50. The first-order valence-electron chi connectivity index (χ1n) is 7.36. The fourth-order valence-corrected chi connectivity index (χ4v) is 3.15. The number of rotatable bonds is 3. The lowest BCUT2D eigenvalue weighted by atomic mass is 9.83. The molecule has 1 N–H and O–H groups in total. The molecule has 0 aliphatic heterocycles. The fourth-order valence-electron chi connectivity index (χ4n) is 3.15.